The molecule has 0 radical (unpaired) electrons. The summed E-state index contributed by atoms with van der Waals surface area (Å²) in [6, 6.07) is -2.65. The highest BCUT2D eigenvalue weighted by molar-refractivity contribution is 6.74. The second kappa shape index (κ2) is 10.8. The van der Waals surface area contributed by atoms with E-state index < -0.39 is 32.5 Å². The van der Waals surface area contributed by atoms with Crippen LogP contribution in [0.5, 0.6) is 0 Å². The summed E-state index contributed by atoms with van der Waals surface area (Å²) in [5.41, 5.74) is 0. The Balaban J connectivity index is 2.00. The lowest BCUT2D eigenvalue weighted by Crippen LogP contribution is -2.58. The van der Waals surface area contributed by atoms with Gasteiger partial charge in [-0.25, -0.2) is 0 Å². The van der Waals surface area contributed by atoms with Crippen LogP contribution in [0.2, 0.25) is 18.1 Å². The molecule has 0 spiro atoms. The number of carbonyl (C=O) groups is 4. The van der Waals surface area contributed by atoms with Gasteiger partial charge in [0.15, 0.2) is 8.32 Å². The van der Waals surface area contributed by atoms with Crippen molar-refractivity contribution in [3.05, 3.63) is 0 Å². The van der Waals surface area contributed by atoms with Crippen molar-refractivity contribution in [1.29, 1.82) is 0 Å². The lowest BCUT2D eigenvalue weighted by molar-refractivity contribution is -0.136. The smallest absolute Gasteiger partial charge is 0.245 e. The van der Waals surface area contributed by atoms with Gasteiger partial charge in [-0.15, -0.1) is 0 Å². The normalized spacial score (nSPS) is 30.1. The highest BCUT2D eigenvalue weighted by Gasteiger charge is 2.61. The fourth-order valence-electron chi connectivity index (χ4n) is 5.12. The minimum atomic E-state index is -2.11. The highest BCUT2D eigenvalue weighted by atomic mass is 28.4. The first-order valence-electron chi connectivity index (χ1n) is 13.2. The molecule has 0 saturated carbocycles. The predicted octanol–water partition coefficient (Wildman–Crippen LogP) is 0.827. The van der Waals surface area contributed by atoms with Crippen molar-refractivity contribution in [2.45, 2.75) is 102 Å². The van der Waals surface area contributed by atoms with Crippen molar-refractivity contribution in [3.63, 3.8) is 0 Å². The Morgan fingerprint density at radius 2 is 1.89 bits per heavy atom. The van der Waals surface area contributed by atoms with E-state index in [1.165, 1.54) is 0 Å². The van der Waals surface area contributed by atoms with E-state index in [0.29, 0.717) is 26.0 Å². The van der Waals surface area contributed by atoms with Gasteiger partial charge in [0, 0.05) is 7.05 Å². The maximum Gasteiger partial charge on any atom is 0.245 e. The average molecular weight is 524 g/mol. The van der Waals surface area contributed by atoms with Crippen LogP contribution < -0.4 is 16.0 Å². The average Bonchev–Trinajstić information content (AvgIpc) is 3.26. The Bertz CT molecular complexity index is 873. The molecule has 10 nitrogen and oxygen atoms in total. The van der Waals surface area contributed by atoms with E-state index in [0.717, 1.165) is 6.42 Å². The molecule has 0 aromatic heterocycles. The Morgan fingerprint density at radius 3 is 2.47 bits per heavy atom. The minimum absolute atomic E-state index is 0.00252. The molecule has 3 aliphatic heterocycles. The summed E-state index contributed by atoms with van der Waals surface area (Å²) in [6.07, 6.45) is 1.83. The first-order valence-corrected chi connectivity index (χ1v) is 16.1. The van der Waals surface area contributed by atoms with E-state index in [2.05, 4.69) is 49.8 Å². The van der Waals surface area contributed by atoms with Crippen LogP contribution in [-0.4, -0.2) is 98.7 Å². The van der Waals surface area contributed by atoms with Gasteiger partial charge in [0.05, 0.1) is 31.3 Å². The van der Waals surface area contributed by atoms with Gasteiger partial charge in [-0.1, -0.05) is 34.6 Å². The van der Waals surface area contributed by atoms with Crippen LogP contribution in [0.4, 0.5) is 0 Å². The summed E-state index contributed by atoms with van der Waals surface area (Å²) < 4.78 is 6.51. The molecule has 3 fully saturated rings. The highest BCUT2D eigenvalue weighted by Crippen LogP contribution is 2.41. The topological polar surface area (TPSA) is 120 Å². The SMILES string of the molecule is CNC(=O)[C@H]1[C@@H]2[C@@H](CO[Si](C)(C)C(C)(C)C)N2C(=O)[C@H](CC(C)C)NC(=O)CNC(=O)[C@@H]2CCCN21. The molecule has 36 heavy (non-hydrogen) atoms. The third-order valence-corrected chi connectivity index (χ3v) is 12.7. The number of nitrogens with one attached hydrogen (secondary N) is 3. The summed E-state index contributed by atoms with van der Waals surface area (Å²) in [7, 11) is -0.526. The van der Waals surface area contributed by atoms with E-state index in [1.54, 1.807) is 11.9 Å². The molecule has 0 unspecified atom stereocenters. The zero-order valence-corrected chi connectivity index (χ0v) is 24.1. The third kappa shape index (κ3) is 5.94. The number of likely N-dealkylation sites (N-methyl/N-ethyl adjacent to an activating group) is 1. The summed E-state index contributed by atoms with van der Waals surface area (Å²) in [4.78, 5) is 56.5. The first-order chi connectivity index (χ1) is 16.7. The fourth-order valence-corrected chi connectivity index (χ4v) is 6.14. The maximum atomic E-state index is 13.9. The predicted molar refractivity (Wildman–Crippen MR) is 140 cm³/mol. The lowest BCUT2D eigenvalue weighted by Gasteiger charge is -2.36. The fraction of sp³-hybridized carbons (Fsp3) is 0.840. The van der Waals surface area contributed by atoms with Gasteiger partial charge in [0.25, 0.3) is 0 Å². The zero-order chi connectivity index (χ0) is 27.0. The van der Waals surface area contributed by atoms with E-state index in [1.807, 2.05) is 18.7 Å². The molecule has 5 atom stereocenters. The van der Waals surface area contributed by atoms with Crippen LogP contribution in [-0.2, 0) is 23.6 Å². The zero-order valence-electron chi connectivity index (χ0n) is 23.1. The second-order valence-electron chi connectivity index (χ2n) is 12.3. The summed E-state index contributed by atoms with van der Waals surface area (Å²) >= 11 is 0. The summed E-state index contributed by atoms with van der Waals surface area (Å²) in [5.74, 6) is -0.885. The van der Waals surface area contributed by atoms with Crippen LogP contribution in [0, 0.1) is 5.92 Å². The number of amides is 4. The van der Waals surface area contributed by atoms with Crippen LogP contribution >= 0.6 is 0 Å². The molecular weight excluding hydrogens is 478 g/mol. The molecule has 0 aromatic carbocycles. The number of nitrogens with zero attached hydrogens (tertiary/aromatic N) is 2. The van der Waals surface area contributed by atoms with Crippen LogP contribution in [0.25, 0.3) is 0 Å². The van der Waals surface area contributed by atoms with Crippen molar-refractivity contribution in [2.24, 2.45) is 5.92 Å². The van der Waals surface area contributed by atoms with Crippen LogP contribution in [0.3, 0.4) is 0 Å². The number of hydrogen-bond donors (Lipinski definition) is 3. The summed E-state index contributed by atoms with van der Waals surface area (Å²) in [5, 5.41) is 8.32. The van der Waals surface area contributed by atoms with Crippen molar-refractivity contribution >= 4 is 31.9 Å². The standard InChI is InChI=1S/C25H45N5O5Si/c1-15(2)12-16-24(34)30-18(14-35-36(7,8)25(3,4)5)20(30)21(23(33)26-6)29-11-9-10-17(29)22(32)27-13-19(31)28-16/h15-18,20-21H,9-14H2,1-8H3,(H,26,33)(H,27,32)(H,28,31)/t16-,17-,18+,20-,21+,30?/m0/s1. The third-order valence-electron chi connectivity index (χ3n) is 8.21. The monoisotopic (exact) mass is 523 g/mol. The first kappa shape index (κ1) is 28.6. The molecule has 204 valence electrons. The Hall–Kier alpha value is -1.98. The molecule has 3 saturated heterocycles. The van der Waals surface area contributed by atoms with Crippen molar-refractivity contribution in [1.82, 2.24) is 25.8 Å². The molecule has 11 heteroatoms. The molecular formula is C25H45N5O5Si. The molecule has 0 aliphatic carbocycles. The van der Waals surface area contributed by atoms with Gasteiger partial charge >= 0.3 is 0 Å². The molecule has 0 aromatic rings. The summed E-state index contributed by atoms with van der Waals surface area (Å²) in [6.45, 7) is 15.5. The van der Waals surface area contributed by atoms with Gasteiger partial charge in [-0.3, -0.25) is 24.1 Å². The van der Waals surface area contributed by atoms with Crippen molar-refractivity contribution in [2.75, 3.05) is 26.7 Å². The quantitative estimate of drug-likeness (QED) is 0.350. The van der Waals surface area contributed by atoms with E-state index >= 15 is 0 Å². The molecule has 4 amide bonds. The lowest BCUT2D eigenvalue weighted by atomic mass is 10.0. The van der Waals surface area contributed by atoms with Gasteiger partial charge in [0.2, 0.25) is 23.6 Å². The molecule has 3 N–H and O–H groups in total. The maximum absolute atomic E-state index is 13.9. The van der Waals surface area contributed by atoms with E-state index in [4.69, 9.17) is 4.43 Å². The Morgan fingerprint density at radius 1 is 1.22 bits per heavy atom. The van der Waals surface area contributed by atoms with Gasteiger partial charge < -0.3 is 25.3 Å². The Kier molecular flexibility index (Phi) is 8.56. The largest absolute Gasteiger partial charge is 0.415 e. The van der Waals surface area contributed by atoms with Crippen molar-refractivity contribution < 1.29 is 23.6 Å². The van der Waals surface area contributed by atoms with Gasteiger partial charge in [-0.05, 0) is 49.9 Å². The molecule has 3 aliphatic rings. The molecule has 3 rings (SSSR count). The second-order valence-corrected chi connectivity index (χ2v) is 17.1. The van der Waals surface area contributed by atoms with E-state index in [9.17, 15) is 19.2 Å². The minimum Gasteiger partial charge on any atom is -0.415 e. The number of fused-ring (bicyclic) bond motifs is 2. The van der Waals surface area contributed by atoms with Crippen LogP contribution in [0.15, 0.2) is 0 Å². The molecule has 0 bridgehead atoms. The number of carbonyl (C=O) groups excluding carboxylic acids is 4. The number of hydrogen-bond acceptors (Lipinski definition) is 6. The Labute approximate surface area is 216 Å². The number of rotatable bonds is 6. The van der Waals surface area contributed by atoms with Gasteiger partial charge in [-0.2, -0.15) is 0 Å². The van der Waals surface area contributed by atoms with Gasteiger partial charge in [0.1, 0.15) is 12.1 Å². The van der Waals surface area contributed by atoms with E-state index in [-0.39, 0.29) is 47.2 Å². The molecule has 3 heterocycles. The van der Waals surface area contributed by atoms with Crippen LogP contribution in [0.1, 0.15) is 53.9 Å². The van der Waals surface area contributed by atoms with Crippen molar-refractivity contribution in [3.8, 4) is 0 Å².